The highest BCUT2D eigenvalue weighted by Gasteiger charge is 2.20. The van der Waals surface area contributed by atoms with E-state index in [0.29, 0.717) is 36.1 Å². The number of aryl methyl sites for hydroxylation is 2. The molecule has 0 aliphatic carbocycles. The van der Waals surface area contributed by atoms with Gasteiger partial charge in [-0.05, 0) is 36.1 Å². The molecule has 31 heavy (non-hydrogen) atoms. The number of hydrogen-bond donors (Lipinski definition) is 3. The standard InChI is InChI=1S/C23H22N4O3S/c1-30-14-16-7-10-17(11-8-16)27-22(25-26-23(27)31)21-20(29)13-19(28)18(24-21)12-9-15-5-3-2-4-6-15/h2-8,10-11,13,28-29H,9,12,14H2,1H3,(H,26,31). The van der Waals surface area contributed by atoms with E-state index in [1.54, 1.807) is 11.7 Å². The van der Waals surface area contributed by atoms with Crippen LogP contribution in [-0.2, 0) is 24.2 Å². The van der Waals surface area contributed by atoms with Crippen LogP contribution in [0.4, 0.5) is 0 Å². The van der Waals surface area contributed by atoms with Crippen LogP contribution in [-0.4, -0.2) is 37.1 Å². The summed E-state index contributed by atoms with van der Waals surface area (Å²) in [4.78, 5) is 4.53. The van der Waals surface area contributed by atoms with Crippen molar-refractivity contribution < 1.29 is 14.9 Å². The van der Waals surface area contributed by atoms with Gasteiger partial charge >= 0.3 is 0 Å². The van der Waals surface area contributed by atoms with Crippen molar-refractivity contribution in [3.05, 3.63) is 77.5 Å². The van der Waals surface area contributed by atoms with Crippen molar-refractivity contribution in [1.29, 1.82) is 0 Å². The Kier molecular flexibility index (Phi) is 6.20. The molecule has 0 aliphatic heterocycles. The normalized spacial score (nSPS) is 11.0. The molecular formula is C23H22N4O3S. The van der Waals surface area contributed by atoms with Gasteiger partial charge in [0.05, 0.1) is 12.3 Å². The van der Waals surface area contributed by atoms with Crippen molar-refractivity contribution in [3.63, 3.8) is 0 Å². The fourth-order valence-electron chi connectivity index (χ4n) is 3.36. The van der Waals surface area contributed by atoms with E-state index in [4.69, 9.17) is 4.74 Å². The molecule has 0 radical (unpaired) electrons. The van der Waals surface area contributed by atoms with E-state index in [1.807, 2.05) is 54.6 Å². The Bertz CT molecular complexity index is 1180. The van der Waals surface area contributed by atoms with Crippen molar-refractivity contribution in [2.24, 2.45) is 0 Å². The van der Waals surface area contributed by atoms with E-state index in [1.165, 1.54) is 6.07 Å². The molecule has 0 aliphatic rings. The second-order valence-electron chi connectivity index (χ2n) is 7.07. The van der Waals surface area contributed by atoms with Gasteiger partial charge < -0.3 is 14.9 Å². The van der Waals surface area contributed by atoms with Gasteiger partial charge in [0.15, 0.2) is 16.7 Å². The number of aromatic hydroxyl groups is 2. The lowest BCUT2D eigenvalue weighted by atomic mass is 10.1. The Morgan fingerprint density at radius 2 is 1.65 bits per heavy atom. The van der Waals surface area contributed by atoms with Crippen LogP contribution in [0.15, 0.2) is 65.8 Å². The van der Waals surface area contributed by atoms with E-state index >= 15 is 0 Å². The number of hydrogen-bond acceptors (Lipinski definition) is 7. The molecule has 158 valence electrons. The molecule has 0 unspecified atom stereocenters. The predicted molar refractivity (Wildman–Crippen MR) is 120 cm³/mol. The zero-order valence-electron chi connectivity index (χ0n) is 16.9. The highest BCUT2D eigenvalue weighted by molar-refractivity contribution is 7.80. The summed E-state index contributed by atoms with van der Waals surface area (Å²) in [6, 6.07) is 18.9. The summed E-state index contributed by atoms with van der Waals surface area (Å²) in [5.74, 6) is 0.0974. The lowest BCUT2D eigenvalue weighted by Crippen LogP contribution is -2.03. The average molecular weight is 435 g/mol. The zero-order valence-corrected chi connectivity index (χ0v) is 17.8. The van der Waals surface area contributed by atoms with Crippen molar-refractivity contribution in [2.75, 3.05) is 7.11 Å². The summed E-state index contributed by atoms with van der Waals surface area (Å²) in [7, 11) is 1.65. The highest BCUT2D eigenvalue weighted by Crippen LogP contribution is 2.33. The molecule has 4 rings (SSSR count). The van der Waals surface area contributed by atoms with Crippen molar-refractivity contribution in [1.82, 2.24) is 19.7 Å². The Labute approximate surface area is 185 Å². The number of nitrogens with zero attached hydrogens (tertiary/aromatic N) is 4. The molecule has 0 amide bonds. The van der Waals surface area contributed by atoms with Crippen LogP contribution >= 0.6 is 12.6 Å². The van der Waals surface area contributed by atoms with Crippen LogP contribution in [0.1, 0.15) is 16.8 Å². The van der Waals surface area contributed by atoms with Gasteiger partial charge in [-0.15, -0.1) is 22.8 Å². The molecule has 7 nitrogen and oxygen atoms in total. The predicted octanol–water partition coefficient (Wildman–Crippen LogP) is 3.96. The van der Waals surface area contributed by atoms with E-state index in [-0.39, 0.29) is 17.2 Å². The minimum atomic E-state index is -0.182. The Morgan fingerprint density at radius 3 is 2.35 bits per heavy atom. The maximum absolute atomic E-state index is 10.5. The third kappa shape index (κ3) is 4.55. The summed E-state index contributed by atoms with van der Waals surface area (Å²) in [5.41, 5.74) is 3.63. The number of ether oxygens (including phenoxy) is 1. The number of methoxy groups -OCH3 is 1. The molecule has 0 atom stereocenters. The topological polar surface area (TPSA) is 93.3 Å². The van der Waals surface area contributed by atoms with E-state index in [9.17, 15) is 10.2 Å². The summed E-state index contributed by atoms with van der Waals surface area (Å²) in [6.45, 7) is 0.508. The van der Waals surface area contributed by atoms with Crippen LogP contribution < -0.4 is 0 Å². The monoisotopic (exact) mass is 434 g/mol. The molecule has 0 saturated heterocycles. The van der Waals surface area contributed by atoms with Gasteiger partial charge in [0.2, 0.25) is 0 Å². The summed E-state index contributed by atoms with van der Waals surface area (Å²) >= 11 is 4.42. The third-order valence-corrected chi connectivity index (χ3v) is 5.20. The average Bonchev–Trinajstić information content (AvgIpc) is 3.16. The SMILES string of the molecule is COCc1ccc(-n2c(S)nnc2-c2nc(CCc3ccccc3)c(O)cc2O)cc1. The van der Waals surface area contributed by atoms with Gasteiger partial charge in [0.25, 0.3) is 0 Å². The second-order valence-corrected chi connectivity index (χ2v) is 7.47. The summed E-state index contributed by atoms with van der Waals surface area (Å²) in [6.07, 6.45) is 1.22. The van der Waals surface area contributed by atoms with E-state index in [0.717, 1.165) is 16.8 Å². The molecule has 0 fully saturated rings. The van der Waals surface area contributed by atoms with Crippen molar-refractivity contribution in [2.45, 2.75) is 24.6 Å². The number of benzene rings is 2. The van der Waals surface area contributed by atoms with E-state index < -0.39 is 0 Å². The number of thiol groups is 1. The molecule has 2 aromatic heterocycles. The van der Waals surface area contributed by atoms with Gasteiger partial charge in [-0.1, -0.05) is 42.5 Å². The highest BCUT2D eigenvalue weighted by atomic mass is 32.1. The molecule has 4 aromatic rings. The third-order valence-electron chi connectivity index (χ3n) is 4.92. The summed E-state index contributed by atoms with van der Waals surface area (Å²) in [5, 5.41) is 29.4. The maximum atomic E-state index is 10.5. The van der Waals surface area contributed by atoms with Gasteiger partial charge in [-0.2, -0.15) is 0 Å². The minimum absolute atomic E-state index is 0.0572. The van der Waals surface area contributed by atoms with Gasteiger partial charge in [-0.3, -0.25) is 4.57 Å². The smallest absolute Gasteiger partial charge is 0.193 e. The number of aromatic nitrogens is 4. The molecule has 8 heteroatoms. The second kappa shape index (κ2) is 9.20. The summed E-state index contributed by atoms with van der Waals surface area (Å²) < 4.78 is 6.85. The van der Waals surface area contributed by atoms with Crippen LogP contribution in [0, 0.1) is 0 Å². The molecular weight excluding hydrogens is 412 g/mol. The first-order chi connectivity index (χ1) is 15.1. The quantitative estimate of drug-likeness (QED) is 0.381. The van der Waals surface area contributed by atoms with Crippen LogP contribution in [0.5, 0.6) is 11.5 Å². The van der Waals surface area contributed by atoms with Gasteiger partial charge in [0, 0.05) is 18.9 Å². The first-order valence-electron chi connectivity index (χ1n) is 9.75. The largest absolute Gasteiger partial charge is 0.506 e. The molecule has 2 aromatic carbocycles. The first kappa shape index (κ1) is 20.9. The first-order valence-corrected chi connectivity index (χ1v) is 10.2. The number of pyridine rings is 1. The Hall–Kier alpha value is -3.36. The Balaban J connectivity index is 1.70. The fraction of sp³-hybridized carbons (Fsp3) is 0.174. The van der Waals surface area contributed by atoms with Crippen LogP contribution in [0.3, 0.4) is 0 Å². The molecule has 0 saturated carbocycles. The maximum Gasteiger partial charge on any atom is 0.193 e. The minimum Gasteiger partial charge on any atom is -0.506 e. The molecule has 0 bridgehead atoms. The Morgan fingerprint density at radius 1 is 0.903 bits per heavy atom. The fourth-order valence-corrected chi connectivity index (χ4v) is 3.62. The van der Waals surface area contributed by atoms with Gasteiger partial charge in [0.1, 0.15) is 11.5 Å². The van der Waals surface area contributed by atoms with Crippen molar-refractivity contribution >= 4 is 12.6 Å². The van der Waals surface area contributed by atoms with Gasteiger partial charge in [-0.25, -0.2) is 4.98 Å². The zero-order chi connectivity index (χ0) is 21.8. The lowest BCUT2D eigenvalue weighted by molar-refractivity contribution is 0.185. The van der Waals surface area contributed by atoms with Crippen LogP contribution in [0.25, 0.3) is 17.2 Å². The molecule has 2 heterocycles. The van der Waals surface area contributed by atoms with Crippen molar-refractivity contribution in [3.8, 4) is 28.7 Å². The van der Waals surface area contributed by atoms with Crippen LogP contribution in [0.2, 0.25) is 0 Å². The molecule has 2 N–H and O–H groups in total. The number of rotatable bonds is 7. The van der Waals surface area contributed by atoms with E-state index in [2.05, 4.69) is 27.8 Å². The lowest BCUT2D eigenvalue weighted by Gasteiger charge is -2.12. The molecule has 0 spiro atoms.